The molecule has 1 atom stereocenters. The van der Waals surface area contributed by atoms with Gasteiger partial charge in [-0.2, -0.15) is 0 Å². The number of ether oxygens (including phenoxy) is 2. The molecule has 1 heterocycles. The van der Waals surface area contributed by atoms with E-state index in [1.807, 2.05) is 18.2 Å². The highest BCUT2D eigenvalue weighted by atomic mass is 35.5. The van der Waals surface area contributed by atoms with Crippen molar-refractivity contribution in [2.75, 3.05) is 13.7 Å². The highest BCUT2D eigenvalue weighted by molar-refractivity contribution is 7.89. The van der Waals surface area contributed by atoms with E-state index in [0.29, 0.717) is 22.8 Å². The summed E-state index contributed by atoms with van der Waals surface area (Å²) in [5.41, 5.74) is 1.45. The van der Waals surface area contributed by atoms with Crippen LogP contribution in [0, 0.1) is 6.92 Å². The quantitative estimate of drug-likeness (QED) is 0.902. The van der Waals surface area contributed by atoms with Gasteiger partial charge in [0.15, 0.2) is 0 Å². The molecule has 1 unspecified atom stereocenters. The number of methoxy groups -OCH3 is 1. The molecule has 0 fully saturated rings. The van der Waals surface area contributed by atoms with E-state index < -0.39 is 10.0 Å². The predicted molar refractivity (Wildman–Crippen MR) is 92.5 cm³/mol. The van der Waals surface area contributed by atoms with Gasteiger partial charge in [-0.25, -0.2) is 13.1 Å². The Balaban J connectivity index is 1.82. The number of hydrogen-bond acceptors (Lipinski definition) is 4. The van der Waals surface area contributed by atoms with E-state index in [1.165, 1.54) is 0 Å². The van der Waals surface area contributed by atoms with E-state index in [-0.39, 0.29) is 17.5 Å². The molecule has 24 heavy (non-hydrogen) atoms. The fourth-order valence-corrected chi connectivity index (χ4v) is 4.45. The molecule has 2 aromatic rings. The summed E-state index contributed by atoms with van der Waals surface area (Å²) in [6, 6.07) is 10.0. The van der Waals surface area contributed by atoms with E-state index in [2.05, 4.69) is 4.72 Å². The van der Waals surface area contributed by atoms with Gasteiger partial charge in [0.1, 0.15) is 18.1 Å². The second kappa shape index (κ2) is 6.63. The van der Waals surface area contributed by atoms with Gasteiger partial charge in [-0.05, 0) is 54.8 Å². The third-order valence-electron chi connectivity index (χ3n) is 4.00. The van der Waals surface area contributed by atoms with Crippen molar-refractivity contribution in [2.24, 2.45) is 0 Å². The summed E-state index contributed by atoms with van der Waals surface area (Å²) < 4.78 is 38.9. The molecule has 1 aliphatic rings. The maximum absolute atomic E-state index is 12.7. The van der Waals surface area contributed by atoms with Gasteiger partial charge in [0.25, 0.3) is 0 Å². The van der Waals surface area contributed by atoms with Crippen LogP contribution in [0.25, 0.3) is 0 Å². The molecule has 1 N–H and O–H groups in total. The van der Waals surface area contributed by atoms with Crippen LogP contribution in [-0.2, 0) is 16.4 Å². The second-order valence-electron chi connectivity index (χ2n) is 5.67. The molecule has 3 rings (SSSR count). The maximum Gasteiger partial charge on any atom is 0.241 e. The first-order valence-electron chi connectivity index (χ1n) is 7.48. The van der Waals surface area contributed by atoms with Crippen molar-refractivity contribution in [2.45, 2.75) is 24.3 Å². The third kappa shape index (κ3) is 3.36. The van der Waals surface area contributed by atoms with Crippen LogP contribution in [0.2, 0.25) is 5.02 Å². The van der Waals surface area contributed by atoms with Crippen LogP contribution in [0.4, 0.5) is 0 Å². The third-order valence-corrected chi connectivity index (χ3v) is 6.08. The normalized spacial score (nSPS) is 17.0. The van der Waals surface area contributed by atoms with Gasteiger partial charge in [0, 0.05) is 5.02 Å². The molecule has 128 valence electrons. The van der Waals surface area contributed by atoms with Crippen LogP contribution in [0.1, 0.15) is 11.1 Å². The Morgan fingerprint density at radius 3 is 2.83 bits per heavy atom. The number of fused-ring (bicyclic) bond motifs is 1. The van der Waals surface area contributed by atoms with Gasteiger partial charge in [0.05, 0.1) is 18.0 Å². The molecular weight excluding hydrogens is 350 g/mol. The Kier molecular flexibility index (Phi) is 4.71. The van der Waals surface area contributed by atoms with Crippen molar-refractivity contribution in [3.63, 3.8) is 0 Å². The summed E-state index contributed by atoms with van der Waals surface area (Å²) in [4.78, 5) is 0.187. The molecule has 0 radical (unpaired) electrons. The van der Waals surface area contributed by atoms with Crippen LogP contribution in [0.3, 0.4) is 0 Å². The molecule has 0 amide bonds. The Morgan fingerprint density at radius 1 is 1.29 bits per heavy atom. The Labute approximate surface area is 146 Å². The van der Waals surface area contributed by atoms with Gasteiger partial charge >= 0.3 is 0 Å². The Hall–Kier alpha value is -1.76. The first-order chi connectivity index (χ1) is 11.4. The molecular formula is C17H18ClNO4S. The van der Waals surface area contributed by atoms with Gasteiger partial charge in [0.2, 0.25) is 10.0 Å². The molecule has 7 heteroatoms. The molecule has 0 saturated heterocycles. The zero-order valence-corrected chi connectivity index (χ0v) is 14.9. The minimum absolute atomic E-state index is 0.187. The summed E-state index contributed by atoms with van der Waals surface area (Å²) in [6.45, 7) is 1.96. The highest BCUT2D eigenvalue weighted by Gasteiger charge is 2.27. The average Bonchev–Trinajstić information content (AvgIpc) is 2.56. The molecule has 0 bridgehead atoms. The lowest BCUT2D eigenvalue weighted by molar-refractivity contribution is 0.253. The lowest BCUT2D eigenvalue weighted by Crippen LogP contribution is -2.42. The molecule has 0 spiro atoms. The maximum atomic E-state index is 12.7. The van der Waals surface area contributed by atoms with Crippen LogP contribution >= 0.6 is 11.6 Å². The van der Waals surface area contributed by atoms with E-state index in [9.17, 15) is 8.42 Å². The minimum Gasteiger partial charge on any atom is -0.497 e. The van der Waals surface area contributed by atoms with E-state index >= 15 is 0 Å². The van der Waals surface area contributed by atoms with Crippen molar-refractivity contribution in [3.8, 4) is 11.5 Å². The molecule has 0 saturated carbocycles. The SMILES string of the molecule is COc1ccc2c(c1)CC(NS(=O)(=O)c1cccc(Cl)c1C)CO2. The largest absolute Gasteiger partial charge is 0.497 e. The summed E-state index contributed by atoms with van der Waals surface area (Å²) >= 11 is 6.03. The Bertz CT molecular complexity index is 867. The van der Waals surface area contributed by atoms with Gasteiger partial charge in [-0.1, -0.05) is 17.7 Å². The van der Waals surface area contributed by atoms with Gasteiger partial charge < -0.3 is 9.47 Å². The van der Waals surface area contributed by atoms with E-state index in [4.69, 9.17) is 21.1 Å². The molecule has 0 aromatic heterocycles. The van der Waals surface area contributed by atoms with Crippen LogP contribution < -0.4 is 14.2 Å². The number of nitrogens with one attached hydrogen (secondary N) is 1. The average molecular weight is 368 g/mol. The lowest BCUT2D eigenvalue weighted by Gasteiger charge is -2.26. The summed E-state index contributed by atoms with van der Waals surface area (Å²) in [5.74, 6) is 1.47. The summed E-state index contributed by atoms with van der Waals surface area (Å²) in [7, 11) is -2.09. The van der Waals surface area contributed by atoms with E-state index in [0.717, 1.165) is 11.3 Å². The molecule has 2 aromatic carbocycles. The van der Waals surface area contributed by atoms with Crippen molar-refractivity contribution < 1.29 is 17.9 Å². The fourth-order valence-electron chi connectivity index (χ4n) is 2.74. The Morgan fingerprint density at radius 2 is 2.08 bits per heavy atom. The number of halogens is 1. The van der Waals surface area contributed by atoms with Gasteiger partial charge in [-0.15, -0.1) is 0 Å². The van der Waals surface area contributed by atoms with Crippen molar-refractivity contribution in [3.05, 3.63) is 52.5 Å². The first kappa shape index (κ1) is 17.1. The number of benzene rings is 2. The van der Waals surface area contributed by atoms with Crippen LogP contribution in [-0.4, -0.2) is 28.2 Å². The first-order valence-corrected chi connectivity index (χ1v) is 9.34. The number of rotatable bonds is 4. The lowest BCUT2D eigenvalue weighted by atomic mass is 10.0. The van der Waals surface area contributed by atoms with E-state index in [1.54, 1.807) is 32.2 Å². The minimum atomic E-state index is -3.68. The zero-order valence-electron chi connectivity index (χ0n) is 13.4. The topological polar surface area (TPSA) is 64.6 Å². The monoisotopic (exact) mass is 367 g/mol. The smallest absolute Gasteiger partial charge is 0.241 e. The van der Waals surface area contributed by atoms with Crippen LogP contribution in [0.5, 0.6) is 11.5 Å². The second-order valence-corrected chi connectivity index (χ2v) is 7.76. The van der Waals surface area contributed by atoms with Crippen molar-refractivity contribution >= 4 is 21.6 Å². The van der Waals surface area contributed by atoms with Crippen molar-refractivity contribution in [1.82, 2.24) is 4.72 Å². The predicted octanol–water partition coefficient (Wildman–Crippen LogP) is 2.94. The molecule has 0 aliphatic carbocycles. The molecule has 1 aliphatic heterocycles. The molecule has 5 nitrogen and oxygen atoms in total. The standard InChI is InChI=1S/C17H18ClNO4S/c1-11-15(18)4-3-5-17(11)24(20,21)19-13-8-12-9-14(22-2)6-7-16(12)23-10-13/h3-7,9,13,19H,8,10H2,1-2H3. The fraction of sp³-hybridized carbons (Fsp3) is 0.294. The summed E-state index contributed by atoms with van der Waals surface area (Å²) in [5, 5.41) is 0.424. The summed E-state index contributed by atoms with van der Waals surface area (Å²) in [6.07, 6.45) is 0.533. The number of sulfonamides is 1. The highest BCUT2D eigenvalue weighted by Crippen LogP contribution is 2.29. The van der Waals surface area contributed by atoms with Gasteiger partial charge in [-0.3, -0.25) is 0 Å². The number of hydrogen-bond donors (Lipinski definition) is 1. The van der Waals surface area contributed by atoms with Crippen molar-refractivity contribution in [1.29, 1.82) is 0 Å². The zero-order chi connectivity index (χ0) is 17.3. The van der Waals surface area contributed by atoms with Crippen LogP contribution in [0.15, 0.2) is 41.3 Å².